The van der Waals surface area contributed by atoms with E-state index in [9.17, 15) is 23.2 Å². The van der Waals surface area contributed by atoms with Gasteiger partial charge in [0.05, 0.1) is 4.90 Å². The van der Waals surface area contributed by atoms with Gasteiger partial charge in [0.25, 0.3) is 0 Å². The maximum absolute atomic E-state index is 11.0. The summed E-state index contributed by atoms with van der Waals surface area (Å²) in [6, 6.07) is 6.65. The number of phenolic OH excluding ortho intramolecular Hbond substituents is 2. The highest BCUT2D eigenvalue weighted by Gasteiger charge is 2.13. The molecule has 0 radical (unpaired) electrons. The second-order valence-corrected chi connectivity index (χ2v) is 4.59. The van der Waals surface area contributed by atoms with Crippen molar-refractivity contribution in [2.24, 2.45) is 0 Å². The molecule has 0 unspecified atom stereocenters. The molecule has 0 atom stereocenters. The van der Waals surface area contributed by atoms with Gasteiger partial charge in [0.15, 0.2) is 11.5 Å². The molecule has 2 aromatic carbocycles. The van der Waals surface area contributed by atoms with Crippen molar-refractivity contribution in [3.8, 4) is 11.5 Å². The van der Waals surface area contributed by atoms with E-state index in [0.29, 0.717) is 0 Å². The van der Waals surface area contributed by atoms with Gasteiger partial charge in [-0.05, 0) is 0 Å². The molecule has 0 fully saturated rings. The lowest BCUT2D eigenvalue weighted by Gasteiger charge is -2.12. The predicted molar refractivity (Wildman–Crippen MR) is 61.2 cm³/mol. The van der Waals surface area contributed by atoms with Crippen LogP contribution in [0.25, 0.3) is 10.8 Å². The number of hydrogen-bond donors (Lipinski definition) is 3. The normalized spacial score (nSPS) is 11.1. The smallest absolute Gasteiger partial charge is 0.165 e. The summed E-state index contributed by atoms with van der Waals surface area (Å²) in [5, 5.41) is 19.0. The highest BCUT2D eigenvalue weighted by Crippen LogP contribution is 2.37. The molecule has 0 aliphatic carbocycles. The largest absolute Gasteiger partial charge is 0.744 e. The zero-order valence-electron chi connectivity index (χ0n) is 8.91. The van der Waals surface area contributed by atoms with E-state index in [2.05, 4.69) is 0 Å². The van der Waals surface area contributed by atoms with Gasteiger partial charge in [0, 0.05) is 16.8 Å². The van der Waals surface area contributed by atoms with Crippen LogP contribution < -0.4 is 6.15 Å². The number of quaternary nitrogens is 1. The molecule has 0 heterocycles. The van der Waals surface area contributed by atoms with Crippen molar-refractivity contribution < 1.29 is 23.2 Å². The molecule has 0 spiro atoms. The third-order valence-corrected chi connectivity index (χ3v) is 3.10. The van der Waals surface area contributed by atoms with Crippen LogP contribution in [0.5, 0.6) is 11.5 Å². The van der Waals surface area contributed by atoms with E-state index < -0.39 is 26.5 Å². The van der Waals surface area contributed by atoms with Gasteiger partial charge in [-0.1, -0.05) is 24.3 Å². The number of phenols is 2. The first-order valence-electron chi connectivity index (χ1n) is 4.31. The standard InChI is InChI=1S/C10H8O5S.H3N/c11-8-5-9(16(13,14)15)6-3-1-2-4-7(6)10(8)12;/h1-5,11-12H,(H,13,14,15);1H3. The number of fused-ring (bicyclic) bond motifs is 1. The number of hydrogen-bond acceptors (Lipinski definition) is 5. The summed E-state index contributed by atoms with van der Waals surface area (Å²) >= 11 is 0. The topological polar surface area (TPSA) is 134 Å². The van der Waals surface area contributed by atoms with E-state index in [0.717, 1.165) is 6.07 Å². The molecule has 0 aliphatic heterocycles. The SMILES string of the molecule is O=S(=O)([O-])c1cc(O)c(O)c2ccccc12.[NH4+]. The van der Waals surface area contributed by atoms with Gasteiger partial charge < -0.3 is 20.9 Å². The lowest BCUT2D eigenvalue weighted by atomic mass is 10.1. The summed E-state index contributed by atoms with van der Waals surface area (Å²) in [7, 11) is -4.69. The first-order valence-corrected chi connectivity index (χ1v) is 5.71. The molecule has 92 valence electrons. The van der Waals surface area contributed by atoms with Gasteiger partial charge in [-0.25, -0.2) is 8.42 Å². The Morgan fingerprint density at radius 3 is 2.12 bits per heavy atom. The monoisotopic (exact) mass is 257 g/mol. The minimum atomic E-state index is -4.69. The molecule has 0 saturated heterocycles. The molecule has 0 amide bonds. The van der Waals surface area contributed by atoms with Crippen molar-refractivity contribution in [3.63, 3.8) is 0 Å². The maximum Gasteiger partial charge on any atom is 0.165 e. The lowest BCUT2D eigenvalue weighted by molar-refractivity contribution is 0.406. The van der Waals surface area contributed by atoms with Crippen LogP contribution in [0.4, 0.5) is 0 Å². The van der Waals surface area contributed by atoms with Gasteiger partial charge in [-0.3, -0.25) is 0 Å². The van der Waals surface area contributed by atoms with Crippen molar-refractivity contribution in [3.05, 3.63) is 30.3 Å². The molecule has 6 nitrogen and oxygen atoms in total. The number of benzene rings is 2. The fourth-order valence-corrected chi connectivity index (χ4v) is 2.22. The molecule has 17 heavy (non-hydrogen) atoms. The van der Waals surface area contributed by atoms with E-state index >= 15 is 0 Å². The van der Waals surface area contributed by atoms with Crippen LogP contribution in [0, 0.1) is 0 Å². The average Bonchev–Trinajstić information content (AvgIpc) is 2.22. The Balaban J connectivity index is 0.00000144. The van der Waals surface area contributed by atoms with Crippen molar-refractivity contribution in [1.82, 2.24) is 6.15 Å². The van der Waals surface area contributed by atoms with Crippen LogP contribution in [-0.4, -0.2) is 23.2 Å². The highest BCUT2D eigenvalue weighted by molar-refractivity contribution is 7.86. The first-order chi connectivity index (χ1) is 7.41. The maximum atomic E-state index is 11.0. The Hall–Kier alpha value is -1.83. The van der Waals surface area contributed by atoms with Gasteiger partial charge in [0.1, 0.15) is 10.1 Å². The summed E-state index contributed by atoms with van der Waals surface area (Å²) in [4.78, 5) is -0.543. The summed E-state index contributed by atoms with van der Waals surface area (Å²) in [6.45, 7) is 0. The second-order valence-electron chi connectivity index (χ2n) is 3.24. The van der Waals surface area contributed by atoms with Crippen LogP contribution in [0.2, 0.25) is 0 Å². The number of aromatic hydroxyl groups is 2. The molecule has 0 aromatic heterocycles. The Labute approximate surface area is 97.5 Å². The van der Waals surface area contributed by atoms with E-state index in [4.69, 9.17) is 0 Å². The fourth-order valence-electron chi connectivity index (χ4n) is 1.52. The molecule has 7 heteroatoms. The zero-order chi connectivity index (χ0) is 11.9. The van der Waals surface area contributed by atoms with E-state index in [-0.39, 0.29) is 16.9 Å². The number of rotatable bonds is 1. The van der Waals surface area contributed by atoms with Gasteiger partial charge in [-0.2, -0.15) is 0 Å². The summed E-state index contributed by atoms with van der Waals surface area (Å²) in [6.07, 6.45) is 0. The van der Waals surface area contributed by atoms with Crippen molar-refractivity contribution >= 4 is 20.9 Å². The first kappa shape index (κ1) is 13.2. The average molecular weight is 257 g/mol. The summed E-state index contributed by atoms with van der Waals surface area (Å²) < 4.78 is 32.9. The highest BCUT2D eigenvalue weighted by atomic mass is 32.2. The van der Waals surface area contributed by atoms with Gasteiger partial charge >= 0.3 is 0 Å². The van der Waals surface area contributed by atoms with Crippen LogP contribution in [-0.2, 0) is 10.1 Å². The van der Waals surface area contributed by atoms with Crippen LogP contribution in [0.1, 0.15) is 0 Å². The summed E-state index contributed by atoms with van der Waals surface area (Å²) in [5.74, 6) is -1.07. The van der Waals surface area contributed by atoms with E-state index in [1.54, 1.807) is 6.07 Å². The minimum Gasteiger partial charge on any atom is -0.744 e. The third kappa shape index (κ3) is 2.16. The molecule has 0 bridgehead atoms. The second kappa shape index (κ2) is 4.21. The van der Waals surface area contributed by atoms with Crippen molar-refractivity contribution in [1.29, 1.82) is 0 Å². The quantitative estimate of drug-likeness (QED) is 0.526. The Kier molecular flexibility index (Phi) is 3.28. The lowest BCUT2D eigenvalue weighted by Crippen LogP contribution is -1.99. The van der Waals surface area contributed by atoms with Crippen LogP contribution in [0.3, 0.4) is 0 Å². The Morgan fingerprint density at radius 2 is 1.59 bits per heavy atom. The molecule has 2 rings (SSSR count). The Bertz CT molecular complexity index is 666. The van der Waals surface area contributed by atoms with E-state index in [1.165, 1.54) is 18.2 Å². The van der Waals surface area contributed by atoms with Gasteiger partial charge in [0.2, 0.25) is 0 Å². The molecule has 6 N–H and O–H groups in total. The van der Waals surface area contributed by atoms with Crippen LogP contribution in [0.15, 0.2) is 35.2 Å². The third-order valence-electron chi connectivity index (χ3n) is 2.23. The Morgan fingerprint density at radius 1 is 1.06 bits per heavy atom. The minimum absolute atomic E-state index is 0. The zero-order valence-corrected chi connectivity index (χ0v) is 9.73. The predicted octanol–water partition coefficient (Wildman–Crippen LogP) is 1.53. The summed E-state index contributed by atoms with van der Waals surface area (Å²) in [5.41, 5.74) is 0. The molecular formula is C10H11NO5S. The molecule has 0 aliphatic rings. The molecule has 0 saturated carbocycles. The van der Waals surface area contributed by atoms with Crippen LogP contribution >= 0.6 is 0 Å². The van der Waals surface area contributed by atoms with Crippen molar-refractivity contribution in [2.45, 2.75) is 4.90 Å². The van der Waals surface area contributed by atoms with Gasteiger partial charge in [-0.15, -0.1) is 0 Å². The molecular weight excluding hydrogens is 246 g/mol. The van der Waals surface area contributed by atoms with E-state index in [1.807, 2.05) is 0 Å². The van der Waals surface area contributed by atoms with Crippen molar-refractivity contribution in [2.75, 3.05) is 0 Å². The molecule has 2 aromatic rings. The fraction of sp³-hybridized carbons (Fsp3) is 0.